The topological polar surface area (TPSA) is 43.8 Å². The van der Waals surface area contributed by atoms with Crippen LogP contribution in [0.4, 0.5) is 0 Å². The fourth-order valence-electron chi connectivity index (χ4n) is 2.05. The molecular formula is C14H19N3. The van der Waals surface area contributed by atoms with Crippen molar-refractivity contribution in [3.63, 3.8) is 0 Å². The fourth-order valence-corrected chi connectivity index (χ4v) is 2.05. The second-order valence-electron chi connectivity index (χ2n) is 4.31. The summed E-state index contributed by atoms with van der Waals surface area (Å²) in [6.07, 6.45) is 5.94. The first-order chi connectivity index (χ1) is 8.24. The van der Waals surface area contributed by atoms with E-state index < -0.39 is 0 Å². The molecule has 0 unspecified atom stereocenters. The quantitative estimate of drug-likeness (QED) is 0.876. The lowest BCUT2D eigenvalue weighted by atomic mass is 10.1. The predicted octanol–water partition coefficient (Wildman–Crippen LogP) is 2.84. The molecule has 17 heavy (non-hydrogen) atoms. The molecule has 1 aromatic carbocycles. The molecule has 3 nitrogen and oxygen atoms in total. The van der Waals surface area contributed by atoms with Gasteiger partial charge in [0.15, 0.2) is 0 Å². The normalized spacial score (nSPS) is 12.6. The Morgan fingerprint density at radius 1 is 1.35 bits per heavy atom. The van der Waals surface area contributed by atoms with Crippen LogP contribution in [0.2, 0.25) is 0 Å². The Hall–Kier alpha value is -1.61. The van der Waals surface area contributed by atoms with Crippen molar-refractivity contribution in [2.75, 3.05) is 0 Å². The lowest BCUT2D eigenvalue weighted by molar-refractivity contribution is 0.774. The standard InChI is InChI=1S/C14H19N3/c1-3-6-14-16-9-10-17(14)13-8-5-4-7-12(13)11(2)15/h4-5,7-11H,3,6,15H2,1-2H3/t11-/m1/s1. The Morgan fingerprint density at radius 3 is 2.82 bits per heavy atom. The molecule has 1 heterocycles. The zero-order valence-corrected chi connectivity index (χ0v) is 10.4. The number of hydrogen-bond donors (Lipinski definition) is 1. The highest BCUT2D eigenvalue weighted by atomic mass is 15.1. The molecule has 0 aliphatic rings. The van der Waals surface area contributed by atoms with E-state index in [1.807, 2.05) is 31.5 Å². The van der Waals surface area contributed by atoms with Crippen LogP contribution in [0.5, 0.6) is 0 Å². The van der Waals surface area contributed by atoms with Crippen molar-refractivity contribution in [3.8, 4) is 5.69 Å². The van der Waals surface area contributed by atoms with Crippen molar-refractivity contribution in [1.29, 1.82) is 0 Å². The van der Waals surface area contributed by atoms with Crippen LogP contribution >= 0.6 is 0 Å². The highest BCUT2D eigenvalue weighted by Crippen LogP contribution is 2.21. The van der Waals surface area contributed by atoms with E-state index in [1.54, 1.807) is 0 Å². The molecule has 0 aliphatic heterocycles. The molecule has 0 spiro atoms. The molecule has 2 rings (SSSR count). The first-order valence-electron chi connectivity index (χ1n) is 6.11. The minimum Gasteiger partial charge on any atom is -0.324 e. The van der Waals surface area contributed by atoms with Gasteiger partial charge in [-0.05, 0) is 25.0 Å². The van der Waals surface area contributed by atoms with E-state index in [0.717, 1.165) is 29.9 Å². The minimum absolute atomic E-state index is 0.0306. The van der Waals surface area contributed by atoms with Crippen LogP contribution in [0, 0.1) is 0 Å². The number of para-hydroxylation sites is 1. The van der Waals surface area contributed by atoms with E-state index in [-0.39, 0.29) is 6.04 Å². The number of benzene rings is 1. The second kappa shape index (κ2) is 5.15. The van der Waals surface area contributed by atoms with Crippen LogP contribution in [0.3, 0.4) is 0 Å². The van der Waals surface area contributed by atoms with Gasteiger partial charge in [0.25, 0.3) is 0 Å². The summed E-state index contributed by atoms with van der Waals surface area (Å²) < 4.78 is 2.14. The van der Waals surface area contributed by atoms with E-state index in [1.165, 1.54) is 0 Å². The minimum atomic E-state index is 0.0306. The number of hydrogen-bond acceptors (Lipinski definition) is 2. The summed E-state index contributed by atoms with van der Waals surface area (Å²) in [7, 11) is 0. The van der Waals surface area contributed by atoms with Crippen molar-refractivity contribution in [3.05, 3.63) is 48.0 Å². The number of nitrogens with zero attached hydrogens (tertiary/aromatic N) is 2. The Kier molecular flexibility index (Phi) is 3.59. The van der Waals surface area contributed by atoms with Crippen molar-refractivity contribution >= 4 is 0 Å². The van der Waals surface area contributed by atoms with E-state index in [4.69, 9.17) is 5.73 Å². The molecule has 0 radical (unpaired) electrons. The molecule has 0 fully saturated rings. The molecule has 1 aromatic heterocycles. The number of nitrogens with two attached hydrogens (primary N) is 1. The smallest absolute Gasteiger partial charge is 0.113 e. The Labute approximate surface area is 102 Å². The van der Waals surface area contributed by atoms with Gasteiger partial charge in [-0.3, -0.25) is 0 Å². The van der Waals surface area contributed by atoms with Gasteiger partial charge in [0.1, 0.15) is 5.82 Å². The van der Waals surface area contributed by atoms with Crippen LogP contribution in [0.1, 0.15) is 37.7 Å². The maximum atomic E-state index is 6.01. The third-order valence-corrected chi connectivity index (χ3v) is 2.88. The Morgan fingerprint density at radius 2 is 2.12 bits per heavy atom. The summed E-state index contributed by atoms with van der Waals surface area (Å²) in [5.41, 5.74) is 8.31. The van der Waals surface area contributed by atoms with Crippen molar-refractivity contribution < 1.29 is 0 Å². The second-order valence-corrected chi connectivity index (χ2v) is 4.31. The van der Waals surface area contributed by atoms with Gasteiger partial charge in [0.2, 0.25) is 0 Å². The largest absolute Gasteiger partial charge is 0.324 e. The van der Waals surface area contributed by atoms with Crippen LogP contribution < -0.4 is 5.73 Å². The van der Waals surface area contributed by atoms with Crippen molar-refractivity contribution in [2.45, 2.75) is 32.7 Å². The average Bonchev–Trinajstić information content (AvgIpc) is 2.77. The number of aromatic nitrogens is 2. The van der Waals surface area contributed by atoms with Crippen LogP contribution in [0.15, 0.2) is 36.7 Å². The highest BCUT2D eigenvalue weighted by molar-refractivity contribution is 5.43. The molecule has 0 bridgehead atoms. The molecule has 0 saturated carbocycles. The van der Waals surface area contributed by atoms with Gasteiger partial charge in [-0.15, -0.1) is 0 Å². The van der Waals surface area contributed by atoms with Gasteiger partial charge < -0.3 is 10.3 Å². The van der Waals surface area contributed by atoms with Gasteiger partial charge in [0.05, 0.1) is 5.69 Å². The summed E-state index contributed by atoms with van der Waals surface area (Å²) in [5.74, 6) is 1.10. The first-order valence-corrected chi connectivity index (χ1v) is 6.11. The molecule has 0 amide bonds. The number of imidazole rings is 1. The molecule has 3 heteroatoms. The van der Waals surface area contributed by atoms with Gasteiger partial charge in [-0.2, -0.15) is 0 Å². The summed E-state index contributed by atoms with van der Waals surface area (Å²) in [4.78, 5) is 4.40. The first kappa shape index (κ1) is 11.9. The van der Waals surface area contributed by atoms with Gasteiger partial charge in [-0.25, -0.2) is 4.98 Å². The molecule has 2 N–H and O–H groups in total. The Balaban J connectivity index is 2.48. The summed E-state index contributed by atoms with van der Waals surface area (Å²) in [6.45, 7) is 4.17. The lowest BCUT2D eigenvalue weighted by Crippen LogP contribution is -2.11. The number of rotatable bonds is 4. The summed E-state index contributed by atoms with van der Waals surface area (Å²) in [5, 5.41) is 0. The maximum absolute atomic E-state index is 6.01. The molecule has 1 atom stereocenters. The fraction of sp³-hybridized carbons (Fsp3) is 0.357. The SMILES string of the molecule is CCCc1nccn1-c1ccccc1[C@@H](C)N. The average molecular weight is 229 g/mol. The van der Waals surface area contributed by atoms with E-state index in [2.05, 4.69) is 28.6 Å². The summed E-state index contributed by atoms with van der Waals surface area (Å²) in [6, 6.07) is 8.27. The number of aryl methyl sites for hydroxylation is 1. The molecule has 0 saturated heterocycles. The van der Waals surface area contributed by atoms with E-state index in [0.29, 0.717) is 0 Å². The molecular weight excluding hydrogens is 210 g/mol. The Bertz CT molecular complexity index is 486. The van der Waals surface area contributed by atoms with Crippen molar-refractivity contribution in [1.82, 2.24) is 9.55 Å². The monoisotopic (exact) mass is 229 g/mol. The molecule has 2 aromatic rings. The predicted molar refractivity (Wildman–Crippen MR) is 70.2 cm³/mol. The molecule has 0 aliphatic carbocycles. The summed E-state index contributed by atoms with van der Waals surface area (Å²) >= 11 is 0. The lowest BCUT2D eigenvalue weighted by Gasteiger charge is -2.15. The highest BCUT2D eigenvalue weighted by Gasteiger charge is 2.10. The van der Waals surface area contributed by atoms with Crippen molar-refractivity contribution in [2.24, 2.45) is 5.73 Å². The van der Waals surface area contributed by atoms with Gasteiger partial charge >= 0.3 is 0 Å². The van der Waals surface area contributed by atoms with Crippen LogP contribution in [-0.2, 0) is 6.42 Å². The maximum Gasteiger partial charge on any atom is 0.113 e. The third kappa shape index (κ3) is 2.39. The van der Waals surface area contributed by atoms with Gasteiger partial charge in [-0.1, -0.05) is 25.1 Å². The van der Waals surface area contributed by atoms with E-state index in [9.17, 15) is 0 Å². The zero-order valence-electron chi connectivity index (χ0n) is 10.4. The van der Waals surface area contributed by atoms with Crippen LogP contribution in [0.25, 0.3) is 5.69 Å². The zero-order chi connectivity index (χ0) is 12.3. The third-order valence-electron chi connectivity index (χ3n) is 2.88. The van der Waals surface area contributed by atoms with E-state index >= 15 is 0 Å². The van der Waals surface area contributed by atoms with Crippen LogP contribution in [-0.4, -0.2) is 9.55 Å². The van der Waals surface area contributed by atoms with Gasteiger partial charge in [0, 0.05) is 24.9 Å². The molecule has 90 valence electrons.